The summed E-state index contributed by atoms with van der Waals surface area (Å²) >= 11 is 0. The second kappa shape index (κ2) is 7.69. The van der Waals surface area contributed by atoms with Crippen LogP contribution < -0.4 is 10.1 Å². The number of amides is 1. The van der Waals surface area contributed by atoms with Crippen LogP contribution in [0.4, 0.5) is 5.69 Å². The number of carbonyl (C=O) groups is 2. The Balaban J connectivity index is 1.91. The van der Waals surface area contributed by atoms with Crippen LogP contribution >= 0.6 is 0 Å². The fourth-order valence-corrected chi connectivity index (χ4v) is 3.83. The van der Waals surface area contributed by atoms with Crippen LogP contribution in [-0.4, -0.2) is 39.3 Å². The van der Waals surface area contributed by atoms with Crippen molar-refractivity contribution in [1.29, 1.82) is 0 Å². The predicted molar refractivity (Wildman–Crippen MR) is 92.9 cm³/mol. The average Bonchev–Trinajstić information content (AvgIpc) is 2.86. The molecule has 7 nitrogen and oxygen atoms in total. The number of aryl methyl sites for hydroxylation is 1. The van der Waals surface area contributed by atoms with Crippen molar-refractivity contribution in [3.63, 3.8) is 0 Å². The van der Waals surface area contributed by atoms with E-state index in [-0.39, 0.29) is 12.2 Å². The average molecular weight is 367 g/mol. The molecule has 0 spiro atoms. The summed E-state index contributed by atoms with van der Waals surface area (Å²) in [5.41, 5.74) is 1.43. The minimum absolute atomic E-state index is 0.0822. The second-order valence-corrected chi connectivity index (χ2v) is 7.88. The maximum Gasteiger partial charge on any atom is 0.307 e. The van der Waals surface area contributed by atoms with Crippen LogP contribution in [0.25, 0.3) is 0 Å². The molecule has 1 aliphatic rings. The number of sulfone groups is 1. The second-order valence-electron chi connectivity index (χ2n) is 5.95. The van der Waals surface area contributed by atoms with E-state index in [2.05, 4.69) is 5.32 Å². The van der Waals surface area contributed by atoms with Gasteiger partial charge in [0.1, 0.15) is 5.75 Å². The van der Waals surface area contributed by atoms with Crippen LogP contribution in [0.1, 0.15) is 18.9 Å². The zero-order valence-electron chi connectivity index (χ0n) is 14.3. The first-order valence-electron chi connectivity index (χ1n) is 7.76. The molecule has 1 amide bonds. The van der Waals surface area contributed by atoms with Gasteiger partial charge in [-0.2, -0.15) is 0 Å². The number of ether oxygens (including phenoxy) is 2. The number of hydrogen-bond acceptors (Lipinski definition) is 6. The van der Waals surface area contributed by atoms with Gasteiger partial charge in [-0.15, -0.1) is 0 Å². The van der Waals surface area contributed by atoms with Gasteiger partial charge < -0.3 is 14.8 Å². The van der Waals surface area contributed by atoms with E-state index in [9.17, 15) is 18.0 Å². The number of esters is 1. The van der Waals surface area contributed by atoms with E-state index in [0.29, 0.717) is 11.4 Å². The molecule has 0 aromatic heterocycles. The number of carbonyl (C=O) groups excluding carboxylic acids is 2. The highest BCUT2D eigenvalue weighted by molar-refractivity contribution is 7.94. The van der Waals surface area contributed by atoms with E-state index in [1.165, 1.54) is 20.1 Å². The fraction of sp³-hybridized carbons (Fsp3) is 0.412. The Morgan fingerprint density at radius 3 is 2.68 bits per heavy atom. The minimum atomic E-state index is -3.22. The summed E-state index contributed by atoms with van der Waals surface area (Å²) in [7, 11) is -1.73. The number of methoxy groups -OCH3 is 1. The Morgan fingerprint density at radius 1 is 1.36 bits per heavy atom. The molecule has 1 N–H and O–H groups in total. The molecule has 2 rings (SSSR count). The molecule has 0 bridgehead atoms. The van der Waals surface area contributed by atoms with Crippen molar-refractivity contribution in [1.82, 2.24) is 0 Å². The molecule has 2 atom stereocenters. The van der Waals surface area contributed by atoms with E-state index in [1.807, 2.05) is 13.0 Å². The summed E-state index contributed by atoms with van der Waals surface area (Å²) < 4.78 is 32.9. The van der Waals surface area contributed by atoms with E-state index < -0.39 is 33.7 Å². The molecule has 25 heavy (non-hydrogen) atoms. The van der Waals surface area contributed by atoms with Gasteiger partial charge in [-0.3, -0.25) is 9.59 Å². The maximum absolute atomic E-state index is 12.2. The van der Waals surface area contributed by atoms with Gasteiger partial charge >= 0.3 is 5.97 Å². The molecule has 1 aromatic rings. The molecule has 0 fully saturated rings. The van der Waals surface area contributed by atoms with Gasteiger partial charge in [-0.1, -0.05) is 12.1 Å². The van der Waals surface area contributed by atoms with Crippen LogP contribution in [0.2, 0.25) is 0 Å². The molecule has 0 saturated heterocycles. The van der Waals surface area contributed by atoms with Crippen molar-refractivity contribution in [2.24, 2.45) is 5.92 Å². The van der Waals surface area contributed by atoms with Crippen molar-refractivity contribution in [2.45, 2.75) is 26.4 Å². The molecule has 2 unspecified atom stereocenters. The Kier molecular flexibility index (Phi) is 5.84. The zero-order valence-corrected chi connectivity index (χ0v) is 15.1. The standard InChI is InChI=1S/C17H21NO6S/c1-11-4-5-15(23-3)14(8-11)18-17(20)12(2)24-16(19)9-13-6-7-25(21,22)10-13/h4-8,12-13H,9-10H2,1-3H3,(H,18,20). The van der Waals surface area contributed by atoms with Crippen LogP contribution in [0.5, 0.6) is 5.75 Å². The molecule has 1 aromatic carbocycles. The smallest absolute Gasteiger partial charge is 0.307 e. The maximum atomic E-state index is 12.2. The largest absolute Gasteiger partial charge is 0.495 e. The van der Waals surface area contributed by atoms with E-state index >= 15 is 0 Å². The van der Waals surface area contributed by atoms with Gasteiger partial charge in [-0.25, -0.2) is 8.42 Å². The predicted octanol–water partition coefficient (Wildman–Crippen LogP) is 1.82. The molecular formula is C17H21NO6S. The van der Waals surface area contributed by atoms with Gasteiger partial charge in [0.15, 0.2) is 15.9 Å². The van der Waals surface area contributed by atoms with Crippen LogP contribution in [0, 0.1) is 12.8 Å². The van der Waals surface area contributed by atoms with Crippen LogP contribution in [0.15, 0.2) is 29.7 Å². The van der Waals surface area contributed by atoms with Crippen LogP contribution in [0.3, 0.4) is 0 Å². The first kappa shape index (κ1) is 19.0. The van der Waals surface area contributed by atoms with Crippen LogP contribution in [-0.2, 0) is 24.2 Å². The fourth-order valence-electron chi connectivity index (χ4n) is 2.43. The lowest BCUT2D eigenvalue weighted by molar-refractivity contribution is -0.153. The molecule has 0 radical (unpaired) electrons. The van der Waals surface area contributed by atoms with Crippen molar-refractivity contribution >= 4 is 27.4 Å². The number of hydrogen-bond donors (Lipinski definition) is 1. The Morgan fingerprint density at radius 2 is 2.08 bits per heavy atom. The highest BCUT2D eigenvalue weighted by Gasteiger charge is 2.26. The summed E-state index contributed by atoms with van der Waals surface area (Å²) in [4.78, 5) is 24.1. The molecule has 1 aliphatic heterocycles. The normalized spacial score (nSPS) is 19.2. The van der Waals surface area contributed by atoms with Gasteiger partial charge in [0.05, 0.1) is 25.0 Å². The molecule has 0 saturated carbocycles. The summed E-state index contributed by atoms with van der Waals surface area (Å²) in [6.45, 7) is 3.33. The lowest BCUT2D eigenvalue weighted by Gasteiger charge is -2.16. The molecule has 136 valence electrons. The third-order valence-corrected chi connectivity index (χ3v) is 5.19. The summed E-state index contributed by atoms with van der Waals surface area (Å²) in [5, 5.41) is 3.77. The lowest BCUT2D eigenvalue weighted by atomic mass is 10.1. The number of allylic oxidation sites excluding steroid dienone is 1. The first-order chi connectivity index (χ1) is 11.7. The number of anilines is 1. The van der Waals surface area contributed by atoms with Gasteiger partial charge in [0.25, 0.3) is 5.91 Å². The van der Waals surface area contributed by atoms with E-state index in [1.54, 1.807) is 12.1 Å². The van der Waals surface area contributed by atoms with E-state index in [0.717, 1.165) is 11.0 Å². The molecule has 1 heterocycles. The first-order valence-corrected chi connectivity index (χ1v) is 9.47. The van der Waals surface area contributed by atoms with Crippen molar-refractivity contribution in [2.75, 3.05) is 18.2 Å². The SMILES string of the molecule is COc1ccc(C)cc1NC(=O)C(C)OC(=O)CC1C=CS(=O)(=O)C1. The van der Waals surface area contributed by atoms with E-state index in [4.69, 9.17) is 9.47 Å². The Bertz CT molecular complexity index is 799. The van der Waals surface area contributed by atoms with Crippen molar-refractivity contribution in [3.8, 4) is 5.75 Å². The highest BCUT2D eigenvalue weighted by Crippen LogP contribution is 2.25. The third-order valence-electron chi connectivity index (χ3n) is 3.72. The minimum Gasteiger partial charge on any atom is -0.495 e. The van der Waals surface area contributed by atoms with Gasteiger partial charge in [-0.05, 0) is 31.5 Å². The topological polar surface area (TPSA) is 98.8 Å². The van der Waals surface area contributed by atoms with Gasteiger partial charge in [0.2, 0.25) is 0 Å². The monoisotopic (exact) mass is 367 g/mol. The third kappa shape index (κ3) is 5.32. The number of benzene rings is 1. The lowest BCUT2D eigenvalue weighted by Crippen LogP contribution is -2.30. The van der Waals surface area contributed by atoms with Gasteiger partial charge in [0, 0.05) is 11.3 Å². The quantitative estimate of drug-likeness (QED) is 0.770. The number of nitrogens with one attached hydrogen (secondary N) is 1. The number of rotatable bonds is 6. The summed E-state index contributed by atoms with van der Waals surface area (Å²) in [6, 6.07) is 5.33. The summed E-state index contributed by atoms with van der Waals surface area (Å²) in [6.07, 6.45) is 0.375. The Labute approximate surface area is 146 Å². The van der Waals surface area contributed by atoms with Crippen molar-refractivity contribution in [3.05, 3.63) is 35.2 Å². The Hall–Kier alpha value is -2.35. The molecule has 0 aliphatic carbocycles. The van der Waals surface area contributed by atoms with Crippen molar-refractivity contribution < 1.29 is 27.5 Å². The molecular weight excluding hydrogens is 346 g/mol. The summed E-state index contributed by atoms with van der Waals surface area (Å²) in [5.74, 6) is -1.13. The zero-order chi connectivity index (χ0) is 18.6. The highest BCUT2D eigenvalue weighted by atomic mass is 32.2. The molecule has 8 heteroatoms.